The van der Waals surface area contributed by atoms with Crippen molar-refractivity contribution in [2.24, 2.45) is 10.9 Å². The lowest BCUT2D eigenvalue weighted by Gasteiger charge is -2.23. The zero-order valence-corrected chi connectivity index (χ0v) is 11.8. The van der Waals surface area contributed by atoms with Crippen molar-refractivity contribution in [3.63, 3.8) is 0 Å². The number of halogens is 1. The van der Waals surface area contributed by atoms with Crippen LogP contribution in [0.3, 0.4) is 0 Å². The van der Waals surface area contributed by atoms with Gasteiger partial charge in [0.05, 0.1) is 14.5 Å². The summed E-state index contributed by atoms with van der Waals surface area (Å²) in [6.45, 7) is 1.70. The van der Waals surface area contributed by atoms with E-state index in [-0.39, 0.29) is 11.7 Å². The van der Waals surface area contributed by atoms with Gasteiger partial charge in [0.1, 0.15) is 0 Å². The van der Waals surface area contributed by atoms with E-state index in [1.165, 1.54) is 16.2 Å². The number of rotatable bonds is 3. The van der Waals surface area contributed by atoms with Crippen molar-refractivity contribution >= 4 is 45.7 Å². The highest BCUT2D eigenvalue weighted by molar-refractivity contribution is 14.1. The van der Waals surface area contributed by atoms with Gasteiger partial charge in [0.15, 0.2) is 5.84 Å². The summed E-state index contributed by atoms with van der Waals surface area (Å²) in [5, 5.41) is 13.2. The van der Waals surface area contributed by atoms with Crippen LogP contribution < -0.4 is 5.73 Å². The first-order valence-corrected chi connectivity index (χ1v) is 6.41. The van der Waals surface area contributed by atoms with Gasteiger partial charge >= 0.3 is 0 Å². The van der Waals surface area contributed by atoms with Gasteiger partial charge in [0.2, 0.25) is 0 Å². The highest BCUT2D eigenvalue weighted by Crippen LogP contribution is 2.18. The predicted molar refractivity (Wildman–Crippen MR) is 72.0 cm³/mol. The molecule has 1 atom stereocenters. The van der Waals surface area contributed by atoms with Gasteiger partial charge in [-0.1, -0.05) is 5.16 Å². The lowest BCUT2D eigenvalue weighted by molar-refractivity contribution is 0.0777. The molecule has 5 nitrogen and oxygen atoms in total. The van der Waals surface area contributed by atoms with E-state index in [1.807, 2.05) is 6.07 Å². The van der Waals surface area contributed by atoms with E-state index in [1.54, 1.807) is 19.4 Å². The molecule has 0 aliphatic carbocycles. The zero-order valence-electron chi connectivity index (χ0n) is 8.85. The predicted octanol–water partition coefficient (Wildman–Crippen LogP) is 1.56. The third kappa shape index (κ3) is 2.85. The summed E-state index contributed by atoms with van der Waals surface area (Å²) in [4.78, 5) is 13.4. The van der Waals surface area contributed by atoms with Crippen LogP contribution >= 0.6 is 33.9 Å². The molecule has 16 heavy (non-hydrogen) atoms. The fourth-order valence-corrected chi connectivity index (χ4v) is 2.40. The quantitative estimate of drug-likeness (QED) is 0.285. The number of carbonyl (C=O) groups is 1. The molecule has 0 fully saturated rings. The molecule has 0 saturated heterocycles. The van der Waals surface area contributed by atoms with E-state index in [4.69, 9.17) is 10.9 Å². The molecule has 0 aromatic carbocycles. The van der Waals surface area contributed by atoms with Crippen molar-refractivity contribution in [1.82, 2.24) is 4.90 Å². The minimum absolute atomic E-state index is 0.0146. The number of likely N-dealkylation sites (N-methyl/N-ethyl adjacent to an activating group) is 1. The van der Waals surface area contributed by atoms with Gasteiger partial charge < -0.3 is 15.8 Å². The lowest BCUT2D eigenvalue weighted by atomic mass is 10.2. The van der Waals surface area contributed by atoms with Crippen LogP contribution in [-0.2, 0) is 0 Å². The van der Waals surface area contributed by atoms with Crippen molar-refractivity contribution in [3.8, 4) is 0 Å². The molecule has 0 spiro atoms. The van der Waals surface area contributed by atoms with Crippen molar-refractivity contribution in [2.75, 3.05) is 7.05 Å². The maximum atomic E-state index is 12.0. The highest BCUT2D eigenvalue weighted by Gasteiger charge is 2.21. The molecule has 7 heteroatoms. The van der Waals surface area contributed by atoms with Crippen LogP contribution in [0.5, 0.6) is 0 Å². The smallest absolute Gasteiger partial charge is 0.255 e. The average Bonchev–Trinajstić information content (AvgIpc) is 2.71. The number of nitrogens with zero attached hydrogens (tertiary/aromatic N) is 2. The number of hydrogen-bond acceptors (Lipinski definition) is 4. The Labute approximate surface area is 111 Å². The van der Waals surface area contributed by atoms with Gasteiger partial charge in [0, 0.05) is 12.4 Å². The standard InChI is InChI=1S/C9H12IN3O2S/c1-5(8(11)12-15)13(2)9(14)6-3-7(10)16-4-6/h3-5,15H,1-2H3,(H2,11,12). The summed E-state index contributed by atoms with van der Waals surface area (Å²) < 4.78 is 1.05. The Hall–Kier alpha value is -0.830. The lowest BCUT2D eigenvalue weighted by Crippen LogP contribution is -2.43. The van der Waals surface area contributed by atoms with E-state index in [0.717, 1.165) is 2.88 Å². The normalized spacial score (nSPS) is 13.6. The number of amides is 1. The molecule has 1 aromatic heterocycles. The number of amidine groups is 1. The van der Waals surface area contributed by atoms with Crippen LogP contribution in [0.2, 0.25) is 0 Å². The first-order chi connectivity index (χ1) is 7.47. The Morgan fingerprint density at radius 1 is 1.75 bits per heavy atom. The molecule has 1 rings (SSSR count). The molecule has 1 heterocycles. The van der Waals surface area contributed by atoms with Crippen LogP contribution in [0, 0.1) is 2.88 Å². The van der Waals surface area contributed by atoms with Gasteiger partial charge in [-0.3, -0.25) is 4.79 Å². The first-order valence-electron chi connectivity index (χ1n) is 4.46. The Morgan fingerprint density at radius 3 is 2.81 bits per heavy atom. The van der Waals surface area contributed by atoms with Crippen molar-refractivity contribution < 1.29 is 10.0 Å². The minimum Gasteiger partial charge on any atom is -0.409 e. The van der Waals surface area contributed by atoms with E-state index in [2.05, 4.69) is 27.7 Å². The molecule has 0 aliphatic heterocycles. The van der Waals surface area contributed by atoms with E-state index >= 15 is 0 Å². The fourth-order valence-electron chi connectivity index (χ4n) is 1.08. The maximum Gasteiger partial charge on any atom is 0.255 e. The number of nitrogens with two attached hydrogens (primary N) is 1. The van der Waals surface area contributed by atoms with E-state index in [0.29, 0.717) is 5.56 Å². The third-order valence-electron chi connectivity index (χ3n) is 2.26. The highest BCUT2D eigenvalue weighted by atomic mass is 127. The number of hydrogen-bond donors (Lipinski definition) is 2. The zero-order chi connectivity index (χ0) is 12.3. The molecule has 0 radical (unpaired) electrons. The molecule has 88 valence electrons. The Morgan fingerprint density at radius 2 is 2.38 bits per heavy atom. The molecular weight excluding hydrogens is 341 g/mol. The molecule has 0 saturated carbocycles. The third-order valence-corrected chi connectivity index (χ3v) is 4.05. The molecule has 0 bridgehead atoms. The monoisotopic (exact) mass is 353 g/mol. The largest absolute Gasteiger partial charge is 0.409 e. The second-order valence-electron chi connectivity index (χ2n) is 3.26. The SMILES string of the molecule is CC(C(N)=NO)N(C)C(=O)c1csc(I)c1. The van der Waals surface area contributed by atoms with Gasteiger partial charge in [-0.25, -0.2) is 0 Å². The number of oxime groups is 1. The van der Waals surface area contributed by atoms with Gasteiger partial charge in [-0.05, 0) is 35.6 Å². The van der Waals surface area contributed by atoms with Crippen LogP contribution in [-0.4, -0.2) is 34.9 Å². The van der Waals surface area contributed by atoms with Gasteiger partial charge in [0.25, 0.3) is 5.91 Å². The van der Waals surface area contributed by atoms with Crippen molar-refractivity contribution in [2.45, 2.75) is 13.0 Å². The van der Waals surface area contributed by atoms with Crippen LogP contribution in [0.1, 0.15) is 17.3 Å². The van der Waals surface area contributed by atoms with Gasteiger partial charge in [-0.2, -0.15) is 0 Å². The van der Waals surface area contributed by atoms with Crippen LogP contribution in [0.15, 0.2) is 16.6 Å². The van der Waals surface area contributed by atoms with E-state index < -0.39 is 6.04 Å². The van der Waals surface area contributed by atoms with Crippen molar-refractivity contribution in [3.05, 3.63) is 19.9 Å². The summed E-state index contributed by atoms with van der Waals surface area (Å²) in [7, 11) is 1.62. The first kappa shape index (κ1) is 13.2. The minimum atomic E-state index is -0.435. The molecule has 1 unspecified atom stereocenters. The average molecular weight is 353 g/mol. The molecule has 0 aliphatic rings. The maximum absolute atomic E-state index is 12.0. The van der Waals surface area contributed by atoms with Crippen molar-refractivity contribution in [1.29, 1.82) is 0 Å². The Balaban J connectivity index is 2.82. The topological polar surface area (TPSA) is 78.9 Å². The summed E-state index contributed by atoms with van der Waals surface area (Å²) in [5.41, 5.74) is 6.07. The molecule has 3 N–H and O–H groups in total. The van der Waals surface area contributed by atoms with Crippen LogP contribution in [0.4, 0.5) is 0 Å². The van der Waals surface area contributed by atoms with Gasteiger partial charge in [-0.15, -0.1) is 11.3 Å². The van der Waals surface area contributed by atoms with E-state index in [9.17, 15) is 4.79 Å². The van der Waals surface area contributed by atoms with Crippen LogP contribution in [0.25, 0.3) is 0 Å². The fraction of sp³-hybridized carbons (Fsp3) is 0.333. The number of carbonyl (C=O) groups excluding carboxylic acids is 1. The second kappa shape index (κ2) is 5.48. The molecule has 1 aromatic rings. The summed E-state index contributed by atoms with van der Waals surface area (Å²) in [6.07, 6.45) is 0. The molecule has 1 amide bonds. The second-order valence-corrected chi connectivity index (χ2v) is 6.06. The summed E-state index contributed by atoms with van der Waals surface area (Å²) in [5.74, 6) is -0.126. The Kier molecular flexibility index (Phi) is 4.54. The summed E-state index contributed by atoms with van der Waals surface area (Å²) >= 11 is 3.66. The Bertz CT molecular complexity index is 419. The number of thiophene rings is 1. The summed E-state index contributed by atoms with van der Waals surface area (Å²) in [6, 6.07) is 1.37. The molecular formula is C9H12IN3O2S.